The van der Waals surface area contributed by atoms with E-state index >= 15 is 0 Å². The number of rotatable bonds is 3. The third-order valence-electron chi connectivity index (χ3n) is 4.61. The average Bonchev–Trinajstić information content (AvgIpc) is 3.10. The van der Waals surface area contributed by atoms with Crippen molar-refractivity contribution in [1.29, 1.82) is 0 Å². The van der Waals surface area contributed by atoms with Crippen LogP contribution in [0.15, 0.2) is 41.4 Å². The minimum atomic E-state index is -3.45. The smallest absolute Gasteiger partial charge is 0.243 e. The monoisotopic (exact) mass is 318 g/mol. The molecule has 1 fully saturated rings. The van der Waals surface area contributed by atoms with Crippen LogP contribution < -0.4 is 0 Å². The maximum absolute atomic E-state index is 13.0. The lowest BCUT2D eigenvalue weighted by Crippen LogP contribution is -2.31. The van der Waals surface area contributed by atoms with Crippen molar-refractivity contribution in [2.75, 3.05) is 6.54 Å². The Morgan fingerprint density at radius 3 is 2.55 bits per heavy atom. The van der Waals surface area contributed by atoms with E-state index in [2.05, 4.69) is 0 Å². The van der Waals surface area contributed by atoms with Crippen LogP contribution in [0.2, 0.25) is 0 Å². The van der Waals surface area contributed by atoms with Gasteiger partial charge in [0.15, 0.2) is 0 Å². The Kier molecular flexibility index (Phi) is 3.87. The van der Waals surface area contributed by atoms with E-state index in [4.69, 9.17) is 0 Å². The largest absolute Gasteiger partial charge is 0.353 e. The Hall–Kier alpha value is -1.59. The second kappa shape index (κ2) is 5.56. The van der Waals surface area contributed by atoms with Crippen molar-refractivity contribution in [3.05, 3.63) is 53.3 Å². The van der Waals surface area contributed by atoms with E-state index in [0.717, 1.165) is 29.7 Å². The Balaban J connectivity index is 2.00. The Morgan fingerprint density at radius 1 is 1.14 bits per heavy atom. The highest BCUT2D eigenvalue weighted by Gasteiger charge is 2.37. The highest BCUT2D eigenvalue weighted by atomic mass is 32.2. The number of benzene rings is 1. The highest BCUT2D eigenvalue weighted by Crippen LogP contribution is 2.36. The van der Waals surface area contributed by atoms with Gasteiger partial charge in [0.05, 0.1) is 10.9 Å². The molecule has 0 saturated carbocycles. The van der Waals surface area contributed by atoms with Crippen molar-refractivity contribution in [3.63, 3.8) is 0 Å². The highest BCUT2D eigenvalue weighted by molar-refractivity contribution is 7.89. The van der Waals surface area contributed by atoms with E-state index in [9.17, 15) is 8.42 Å². The van der Waals surface area contributed by atoms with E-state index in [0.29, 0.717) is 11.4 Å². The molecule has 118 valence electrons. The zero-order valence-electron chi connectivity index (χ0n) is 13.3. The SMILES string of the molecule is Cc1ccc(S(=O)(=O)N2CCCC2c2cccn2C)cc1C. The van der Waals surface area contributed by atoms with Crippen molar-refractivity contribution < 1.29 is 8.42 Å². The van der Waals surface area contributed by atoms with Crippen LogP contribution in [0.25, 0.3) is 0 Å². The Morgan fingerprint density at radius 2 is 1.91 bits per heavy atom. The van der Waals surface area contributed by atoms with Crippen LogP contribution in [0.5, 0.6) is 0 Å². The molecule has 4 nitrogen and oxygen atoms in total. The van der Waals surface area contributed by atoms with Gasteiger partial charge >= 0.3 is 0 Å². The third-order valence-corrected chi connectivity index (χ3v) is 6.52. The summed E-state index contributed by atoms with van der Waals surface area (Å²) in [7, 11) is -1.48. The topological polar surface area (TPSA) is 42.3 Å². The quantitative estimate of drug-likeness (QED) is 0.872. The molecule has 1 aromatic heterocycles. The molecule has 1 aliphatic rings. The van der Waals surface area contributed by atoms with Crippen LogP contribution in [-0.4, -0.2) is 23.8 Å². The van der Waals surface area contributed by atoms with Crippen LogP contribution in [0, 0.1) is 13.8 Å². The number of hydrogen-bond donors (Lipinski definition) is 0. The van der Waals surface area contributed by atoms with Gasteiger partial charge in [-0.3, -0.25) is 0 Å². The fourth-order valence-corrected chi connectivity index (χ4v) is 4.91. The van der Waals surface area contributed by atoms with Crippen LogP contribution in [0.1, 0.15) is 35.7 Å². The molecule has 0 amide bonds. The van der Waals surface area contributed by atoms with E-state index in [-0.39, 0.29) is 6.04 Å². The molecule has 0 N–H and O–H groups in total. The van der Waals surface area contributed by atoms with Crippen LogP contribution in [0.4, 0.5) is 0 Å². The summed E-state index contributed by atoms with van der Waals surface area (Å²) >= 11 is 0. The van der Waals surface area contributed by atoms with Gasteiger partial charge in [0.2, 0.25) is 10.0 Å². The average molecular weight is 318 g/mol. The van der Waals surface area contributed by atoms with Gasteiger partial charge in [-0.05, 0) is 62.1 Å². The van der Waals surface area contributed by atoms with Crippen LogP contribution >= 0.6 is 0 Å². The van der Waals surface area contributed by atoms with Crippen molar-refractivity contribution in [1.82, 2.24) is 8.87 Å². The first-order chi connectivity index (χ1) is 10.4. The van der Waals surface area contributed by atoms with Gasteiger partial charge in [-0.15, -0.1) is 0 Å². The van der Waals surface area contributed by atoms with E-state index in [1.807, 2.05) is 49.9 Å². The number of hydrogen-bond acceptors (Lipinski definition) is 2. The predicted molar refractivity (Wildman–Crippen MR) is 87.2 cm³/mol. The fraction of sp³-hybridized carbons (Fsp3) is 0.412. The first-order valence-electron chi connectivity index (χ1n) is 7.61. The van der Waals surface area contributed by atoms with Crippen LogP contribution in [-0.2, 0) is 17.1 Å². The summed E-state index contributed by atoms with van der Waals surface area (Å²) < 4.78 is 29.7. The molecule has 2 heterocycles. The van der Waals surface area contributed by atoms with Crippen molar-refractivity contribution >= 4 is 10.0 Å². The summed E-state index contributed by atoms with van der Waals surface area (Å²) in [6.07, 6.45) is 3.75. The molecule has 2 aromatic rings. The van der Waals surface area contributed by atoms with Gasteiger partial charge in [0, 0.05) is 25.5 Å². The van der Waals surface area contributed by atoms with Gasteiger partial charge in [0.1, 0.15) is 0 Å². The summed E-state index contributed by atoms with van der Waals surface area (Å²) in [5.74, 6) is 0. The zero-order chi connectivity index (χ0) is 15.9. The second-order valence-corrected chi connectivity index (χ2v) is 7.95. The molecule has 1 aliphatic heterocycles. The second-order valence-electron chi connectivity index (χ2n) is 6.06. The summed E-state index contributed by atoms with van der Waals surface area (Å²) in [6.45, 7) is 4.53. The molecule has 3 rings (SSSR count). The Labute approximate surface area is 132 Å². The van der Waals surface area contributed by atoms with Crippen molar-refractivity contribution in [2.24, 2.45) is 7.05 Å². The number of aryl methyl sites for hydroxylation is 3. The molecule has 1 saturated heterocycles. The lowest BCUT2D eigenvalue weighted by Gasteiger charge is -2.25. The first-order valence-corrected chi connectivity index (χ1v) is 9.05. The molecule has 5 heteroatoms. The van der Waals surface area contributed by atoms with Crippen molar-refractivity contribution in [2.45, 2.75) is 37.6 Å². The van der Waals surface area contributed by atoms with E-state index < -0.39 is 10.0 Å². The van der Waals surface area contributed by atoms with E-state index in [1.165, 1.54) is 0 Å². The number of aromatic nitrogens is 1. The van der Waals surface area contributed by atoms with Gasteiger partial charge < -0.3 is 4.57 Å². The summed E-state index contributed by atoms with van der Waals surface area (Å²) in [4.78, 5) is 0.400. The minimum absolute atomic E-state index is 0.0633. The molecule has 0 spiro atoms. The lowest BCUT2D eigenvalue weighted by atomic mass is 10.1. The third kappa shape index (κ3) is 2.48. The number of sulfonamides is 1. The molecule has 1 aromatic carbocycles. The van der Waals surface area contributed by atoms with Gasteiger partial charge in [-0.1, -0.05) is 6.07 Å². The Bertz CT molecular complexity index is 793. The molecule has 0 radical (unpaired) electrons. The molecule has 1 unspecified atom stereocenters. The summed E-state index contributed by atoms with van der Waals surface area (Å²) in [5.41, 5.74) is 3.18. The van der Waals surface area contributed by atoms with E-state index in [1.54, 1.807) is 16.4 Å². The van der Waals surface area contributed by atoms with Gasteiger partial charge in [-0.2, -0.15) is 4.31 Å². The molecular weight excluding hydrogens is 296 g/mol. The van der Waals surface area contributed by atoms with Crippen molar-refractivity contribution in [3.8, 4) is 0 Å². The van der Waals surface area contributed by atoms with Crippen LogP contribution in [0.3, 0.4) is 0 Å². The normalized spacial score (nSPS) is 19.7. The first kappa shape index (κ1) is 15.3. The summed E-state index contributed by atoms with van der Waals surface area (Å²) in [6, 6.07) is 9.30. The maximum Gasteiger partial charge on any atom is 0.243 e. The maximum atomic E-state index is 13.0. The van der Waals surface area contributed by atoms with Gasteiger partial charge in [-0.25, -0.2) is 8.42 Å². The lowest BCUT2D eigenvalue weighted by molar-refractivity contribution is 0.384. The minimum Gasteiger partial charge on any atom is -0.353 e. The molecule has 22 heavy (non-hydrogen) atoms. The zero-order valence-corrected chi connectivity index (χ0v) is 14.1. The van der Waals surface area contributed by atoms with Gasteiger partial charge in [0.25, 0.3) is 0 Å². The molecule has 1 atom stereocenters. The summed E-state index contributed by atoms with van der Waals surface area (Å²) in [5, 5.41) is 0. The molecule has 0 bridgehead atoms. The fourth-order valence-electron chi connectivity index (χ4n) is 3.15. The predicted octanol–water partition coefficient (Wildman–Crippen LogP) is 3.17. The number of nitrogens with zero attached hydrogens (tertiary/aromatic N) is 2. The standard InChI is InChI=1S/C17H22N2O2S/c1-13-8-9-15(12-14(13)2)22(20,21)19-11-5-7-17(19)16-6-4-10-18(16)3/h4,6,8-10,12,17H,5,7,11H2,1-3H3. The molecule has 0 aliphatic carbocycles. The molecular formula is C17H22N2O2S.